The molecule has 0 spiro atoms. The van der Waals surface area contributed by atoms with Crippen molar-refractivity contribution in [2.24, 2.45) is 0 Å². The molecule has 2 aromatic carbocycles. The van der Waals surface area contributed by atoms with Crippen LogP contribution in [0.3, 0.4) is 0 Å². The van der Waals surface area contributed by atoms with Gasteiger partial charge < -0.3 is 9.73 Å². The van der Waals surface area contributed by atoms with Crippen LogP contribution >= 0.6 is 23.4 Å². The minimum absolute atomic E-state index is 0.321. The molecule has 2 N–H and O–H groups in total. The van der Waals surface area contributed by atoms with E-state index in [4.69, 9.17) is 16.0 Å². The Morgan fingerprint density at radius 2 is 2.00 bits per heavy atom. The van der Waals surface area contributed by atoms with Crippen LogP contribution in [0, 0.1) is 0 Å². The van der Waals surface area contributed by atoms with Gasteiger partial charge in [-0.25, -0.2) is 9.78 Å². The molecule has 3 aromatic rings. The van der Waals surface area contributed by atoms with Gasteiger partial charge in [-0.05, 0) is 36.4 Å². The monoisotopic (exact) mass is 389 g/mol. The average Bonchev–Trinajstić information content (AvgIpc) is 3.02. The molecular weight excluding hydrogens is 374 g/mol. The van der Waals surface area contributed by atoms with Crippen molar-refractivity contribution >= 4 is 46.4 Å². The van der Waals surface area contributed by atoms with Gasteiger partial charge in [0, 0.05) is 17.6 Å². The second kappa shape index (κ2) is 8.25. The van der Waals surface area contributed by atoms with E-state index in [1.165, 1.54) is 0 Å². The predicted molar refractivity (Wildman–Crippen MR) is 101 cm³/mol. The highest BCUT2D eigenvalue weighted by Gasteiger charge is 2.26. The number of oxazole rings is 1. The van der Waals surface area contributed by atoms with E-state index in [0.717, 1.165) is 17.3 Å². The number of benzene rings is 2. The van der Waals surface area contributed by atoms with Crippen LogP contribution in [0.25, 0.3) is 11.1 Å². The molecule has 3 rings (SSSR count). The molecular formula is C18H16ClN3O3S. The van der Waals surface area contributed by atoms with E-state index in [1.54, 1.807) is 25.1 Å². The number of hydrogen-bond donors (Lipinski definition) is 2. The number of imide groups is 1. The van der Waals surface area contributed by atoms with Crippen LogP contribution in [0.15, 0.2) is 58.2 Å². The van der Waals surface area contributed by atoms with Crippen molar-refractivity contribution in [1.29, 1.82) is 0 Å². The van der Waals surface area contributed by atoms with E-state index in [-0.39, 0.29) is 0 Å². The van der Waals surface area contributed by atoms with Crippen molar-refractivity contribution in [1.82, 2.24) is 15.6 Å². The summed E-state index contributed by atoms with van der Waals surface area (Å²) in [6.45, 7) is 2.20. The van der Waals surface area contributed by atoms with E-state index in [2.05, 4.69) is 15.6 Å². The Morgan fingerprint density at radius 1 is 1.23 bits per heavy atom. The molecule has 0 unspecified atom stereocenters. The fraction of sp³-hybridized carbons (Fsp3) is 0.167. The summed E-state index contributed by atoms with van der Waals surface area (Å²) < 4.78 is 5.69. The van der Waals surface area contributed by atoms with Crippen LogP contribution < -0.4 is 10.6 Å². The molecule has 1 atom stereocenters. The molecule has 6 nitrogen and oxygen atoms in total. The van der Waals surface area contributed by atoms with Gasteiger partial charge in [-0.2, -0.15) is 0 Å². The first-order valence-corrected chi connectivity index (χ1v) is 9.19. The molecule has 0 fully saturated rings. The molecule has 0 aliphatic rings. The lowest BCUT2D eigenvalue weighted by Gasteiger charge is -2.14. The lowest BCUT2D eigenvalue weighted by Crippen LogP contribution is -2.41. The van der Waals surface area contributed by atoms with Crippen LogP contribution in [0.4, 0.5) is 4.79 Å². The predicted octanol–water partition coefficient (Wildman–Crippen LogP) is 4.16. The summed E-state index contributed by atoms with van der Waals surface area (Å²) in [6, 6.07) is 13.7. The van der Waals surface area contributed by atoms with Gasteiger partial charge in [0.2, 0.25) is 5.91 Å². The van der Waals surface area contributed by atoms with E-state index in [0.29, 0.717) is 27.9 Å². The van der Waals surface area contributed by atoms with Crippen LogP contribution in [0.2, 0.25) is 5.02 Å². The van der Waals surface area contributed by atoms with E-state index < -0.39 is 17.2 Å². The summed E-state index contributed by atoms with van der Waals surface area (Å²) >= 11 is 7.09. The maximum Gasteiger partial charge on any atom is 0.321 e. The molecule has 0 bridgehead atoms. The minimum atomic E-state index is -0.692. The summed E-state index contributed by atoms with van der Waals surface area (Å²) in [5.74, 6) is -0.451. The number of aromatic nitrogens is 1. The molecule has 3 amide bonds. The van der Waals surface area contributed by atoms with Gasteiger partial charge in [0.15, 0.2) is 5.58 Å². The highest BCUT2D eigenvalue weighted by Crippen LogP contribution is 2.36. The topological polar surface area (TPSA) is 84.2 Å². The molecule has 0 saturated carbocycles. The summed E-state index contributed by atoms with van der Waals surface area (Å²) in [5.41, 5.74) is 1.92. The Balaban J connectivity index is 1.87. The minimum Gasteiger partial charge on any atom is -0.431 e. The smallest absolute Gasteiger partial charge is 0.321 e. The van der Waals surface area contributed by atoms with Crippen LogP contribution in [-0.4, -0.2) is 23.5 Å². The first-order chi connectivity index (χ1) is 12.6. The standard InChI is InChI=1S/C18H16ClN3O3S/c1-2-20-17(24)22-16(23)15(11-6-4-3-5-7-11)26-18-21-13-9-8-12(19)10-14(13)25-18/h3-10,15H,2H2,1H3,(H2,20,22,23,24)/t15-/m0/s1. The second-order valence-corrected chi connectivity index (χ2v) is 6.84. The van der Waals surface area contributed by atoms with Crippen molar-refractivity contribution < 1.29 is 14.0 Å². The van der Waals surface area contributed by atoms with Gasteiger partial charge in [-0.1, -0.05) is 41.9 Å². The molecule has 1 aromatic heterocycles. The van der Waals surface area contributed by atoms with Gasteiger partial charge >= 0.3 is 6.03 Å². The van der Waals surface area contributed by atoms with Crippen molar-refractivity contribution in [3.05, 3.63) is 59.1 Å². The lowest BCUT2D eigenvalue weighted by molar-refractivity contribution is -0.119. The number of rotatable bonds is 5. The quantitative estimate of drug-likeness (QED) is 0.640. The number of carbonyl (C=O) groups excluding carboxylic acids is 2. The number of urea groups is 1. The second-order valence-electron chi connectivity index (χ2n) is 5.35. The Hall–Kier alpha value is -2.51. The number of carbonyl (C=O) groups is 2. The van der Waals surface area contributed by atoms with Crippen molar-refractivity contribution in [2.75, 3.05) is 6.54 Å². The third-order valence-corrected chi connectivity index (χ3v) is 4.80. The van der Waals surface area contributed by atoms with E-state index >= 15 is 0 Å². The highest BCUT2D eigenvalue weighted by molar-refractivity contribution is 8.00. The summed E-state index contributed by atoms with van der Waals surface area (Å²) in [7, 11) is 0. The number of nitrogens with one attached hydrogen (secondary N) is 2. The molecule has 26 heavy (non-hydrogen) atoms. The molecule has 0 saturated heterocycles. The fourth-order valence-corrected chi connectivity index (χ4v) is 3.42. The summed E-state index contributed by atoms with van der Waals surface area (Å²) in [6.07, 6.45) is 0. The maximum atomic E-state index is 12.6. The molecule has 0 aliphatic carbocycles. The normalized spacial score (nSPS) is 11.9. The number of halogens is 1. The zero-order valence-corrected chi connectivity index (χ0v) is 15.4. The zero-order valence-electron chi connectivity index (χ0n) is 13.9. The largest absolute Gasteiger partial charge is 0.431 e. The van der Waals surface area contributed by atoms with Crippen molar-refractivity contribution in [3.8, 4) is 0 Å². The van der Waals surface area contributed by atoms with Crippen molar-refractivity contribution in [2.45, 2.75) is 17.4 Å². The van der Waals surface area contributed by atoms with Gasteiger partial charge in [-0.3, -0.25) is 10.1 Å². The van der Waals surface area contributed by atoms with Crippen molar-refractivity contribution in [3.63, 3.8) is 0 Å². The molecule has 134 valence electrons. The van der Waals surface area contributed by atoms with Gasteiger partial charge in [0.25, 0.3) is 5.22 Å². The number of fused-ring (bicyclic) bond motifs is 1. The van der Waals surface area contributed by atoms with E-state index in [1.807, 2.05) is 30.3 Å². The summed E-state index contributed by atoms with van der Waals surface area (Å²) in [4.78, 5) is 28.7. The average molecular weight is 390 g/mol. The number of nitrogens with zero attached hydrogens (tertiary/aromatic N) is 1. The van der Waals surface area contributed by atoms with Gasteiger partial charge in [0.1, 0.15) is 10.8 Å². The first-order valence-electron chi connectivity index (χ1n) is 7.93. The Labute approximate surface area is 159 Å². The molecule has 8 heteroatoms. The molecule has 0 radical (unpaired) electrons. The third-order valence-electron chi connectivity index (χ3n) is 3.46. The number of thioether (sulfide) groups is 1. The molecule has 0 aliphatic heterocycles. The van der Waals surface area contributed by atoms with Gasteiger partial charge in [0.05, 0.1) is 0 Å². The third kappa shape index (κ3) is 4.36. The SMILES string of the molecule is CCNC(=O)NC(=O)[C@@H](Sc1nc2ccc(Cl)cc2o1)c1ccccc1. The van der Waals surface area contributed by atoms with E-state index in [9.17, 15) is 9.59 Å². The van der Waals surface area contributed by atoms with Crippen LogP contribution in [-0.2, 0) is 4.79 Å². The first kappa shape index (κ1) is 18.3. The Morgan fingerprint density at radius 3 is 2.73 bits per heavy atom. The number of amides is 3. The zero-order chi connectivity index (χ0) is 18.5. The van der Waals surface area contributed by atoms with Crippen LogP contribution in [0.1, 0.15) is 17.7 Å². The maximum absolute atomic E-state index is 12.6. The summed E-state index contributed by atoms with van der Waals surface area (Å²) in [5, 5.41) is 5.05. The lowest BCUT2D eigenvalue weighted by atomic mass is 10.1. The van der Waals surface area contributed by atoms with Crippen LogP contribution in [0.5, 0.6) is 0 Å². The Kier molecular flexibility index (Phi) is 5.80. The number of hydrogen-bond acceptors (Lipinski definition) is 5. The molecule has 1 heterocycles. The highest BCUT2D eigenvalue weighted by atomic mass is 35.5. The fourth-order valence-electron chi connectivity index (χ4n) is 2.31. The Bertz CT molecular complexity index is 930. The van der Waals surface area contributed by atoms with Gasteiger partial charge in [-0.15, -0.1) is 0 Å².